The van der Waals surface area contributed by atoms with E-state index in [4.69, 9.17) is 4.42 Å². The number of hydrogen-bond donors (Lipinski definition) is 1. The molecule has 1 N–H and O–H groups in total. The van der Waals surface area contributed by atoms with Crippen molar-refractivity contribution in [1.29, 1.82) is 0 Å². The molecule has 1 amide bonds. The molecule has 2 aromatic carbocycles. The Morgan fingerprint density at radius 2 is 1.76 bits per heavy atom. The van der Waals surface area contributed by atoms with E-state index in [-0.39, 0.29) is 17.5 Å². The lowest BCUT2D eigenvalue weighted by atomic mass is 10.1. The summed E-state index contributed by atoms with van der Waals surface area (Å²) in [5.74, 6) is 0.194. The van der Waals surface area contributed by atoms with Crippen molar-refractivity contribution >= 4 is 17.4 Å². The smallest absolute Gasteiger partial charge is 0.259 e. The van der Waals surface area contributed by atoms with Crippen LogP contribution >= 0.6 is 0 Å². The second-order valence-corrected chi connectivity index (χ2v) is 5.68. The van der Waals surface area contributed by atoms with Gasteiger partial charge in [-0.1, -0.05) is 12.1 Å². The van der Waals surface area contributed by atoms with Crippen molar-refractivity contribution in [3.63, 3.8) is 0 Å². The number of benzene rings is 2. The molecular weight excluding hydrogens is 321 g/mol. The minimum atomic E-state index is -0.338. The van der Waals surface area contributed by atoms with Crippen LogP contribution in [-0.2, 0) is 0 Å². The molecule has 126 valence electrons. The van der Waals surface area contributed by atoms with Crippen LogP contribution in [0.4, 0.5) is 10.1 Å². The van der Waals surface area contributed by atoms with Gasteiger partial charge in [0, 0.05) is 16.8 Å². The lowest BCUT2D eigenvalue weighted by molar-refractivity contribution is 0.101. The van der Waals surface area contributed by atoms with Crippen molar-refractivity contribution in [2.45, 2.75) is 13.8 Å². The minimum Gasteiger partial charge on any atom is -0.461 e. The zero-order valence-electron chi connectivity index (χ0n) is 13.8. The van der Waals surface area contributed by atoms with E-state index >= 15 is 0 Å². The van der Waals surface area contributed by atoms with Gasteiger partial charge in [0.1, 0.15) is 17.3 Å². The Morgan fingerprint density at radius 3 is 2.44 bits per heavy atom. The number of carbonyl (C=O) groups excluding carboxylic acids is 2. The average Bonchev–Trinajstić information content (AvgIpc) is 2.97. The van der Waals surface area contributed by atoms with E-state index in [1.807, 2.05) is 0 Å². The largest absolute Gasteiger partial charge is 0.461 e. The highest BCUT2D eigenvalue weighted by Gasteiger charge is 2.16. The van der Waals surface area contributed by atoms with Gasteiger partial charge < -0.3 is 9.73 Å². The maximum Gasteiger partial charge on any atom is 0.259 e. The maximum absolute atomic E-state index is 13.0. The Bertz CT molecular complexity index is 942. The van der Waals surface area contributed by atoms with Gasteiger partial charge in [0.25, 0.3) is 5.91 Å². The molecule has 0 fully saturated rings. The summed E-state index contributed by atoms with van der Waals surface area (Å²) < 4.78 is 18.7. The molecule has 1 heterocycles. The number of ketones is 1. The molecule has 0 unspecified atom stereocenters. The zero-order chi connectivity index (χ0) is 18.0. The molecular formula is C20H16FNO3. The number of rotatable bonds is 4. The number of amides is 1. The Morgan fingerprint density at radius 1 is 1.04 bits per heavy atom. The molecule has 0 aliphatic heterocycles. The number of furan rings is 1. The first kappa shape index (κ1) is 16.6. The first-order valence-electron chi connectivity index (χ1n) is 7.73. The quantitative estimate of drug-likeness (QED) is 0.692. The lowest BCUT2D eigenvalue weighted by Gasteiger charge is -2.05. The third-order valence-corrected chi connectivity index (χ3v) is 3.82. The normalized spacial score (nSPS) is 10.5. The highest BCUT2D eigenvalue weighted by Crippen LogP contribution is 2.26. The van der Waals surface area contributed by atoms with E-state index in [1.165, 1.54) is 19.1 Å². The van der Waals surface area contributed by atoms with Gasteiger partial charge in [0.2, 0.25) is 0 Å². The van der Waals surface area contributed by atoms with Crippen LogP contribution in [0.3, 0.4) is 0 Å². The van der Waals surface area contributed by atoms with Gasteiger partial charge in [0.15, 0.2) is 5.78 Å². The van der Waals surface area contributed by atoms with Crippen LogP contribution in [-0.4, -0.2) is 11.7 Å². The van der Waals surface area contributed by atoms with Gasteiger partial charge in [-0.2, -0.15) is 0 Å². The van der Waals surface area contributed by atoms with Crippen molar-refractivity contribution < 1.29 is 18.4 Å². The van der Waals surface area contributed by atoms with Crippen molar-refractivity contribution in [3.8, 4) is 11.3 Å². The van der Waals surface area contributed by atoms with E-state index < -0.39 is 0 Å². The van der Waals surface area contributed by atoms with Gasteiger partial charge in [-0.3, -0.25) is 9.59 Å². The topological polar surface area (TPSA) is 59.3 Å². The molecule has 0 spiro atoms. The molecule has 0 saturated heterocycles. The molecule has 3 aromatic rings. The standard InChI is InChI=1S/C20H16FNO3/c1-12(23)15-4-3-5-17(10-15)22-20(24)18-11-19(25-13(18)2)14-6-8-16(21)9-7-14/h3-11H,1-2H3,(H,22,24). The van der Waals surface area contributed by atoms with Gasteiger partial charge in [-0.25, -0.2) is 4.39 Å². The highest BCUT2D eigenvalue weighted by molar-refractivity contribution is 6.06. The van der Waals surface area contributed by atoms with Crippen LogP contribution in [0.5, 0.6) is 0 Å². The van der Waals surface area contributed by atoms with Crippen LogP contribution in [0.25, 0.3) is 11.3 Å². The molecule has 0 radical (unpaired) electrons. The molecule has 5 heteroatoms. The SMILES string of the molecule is CC(=O)c1cccc(NC(=O)c2cc(-c3ccc(F)cc3)oc2C)c1. The summed E-state index contributed by atoms with van der Waals surface area (Å²) in [5.41, 5.74) is 2.12. The first-order chi connectivity index (χ1) is 11.9. The molecule has 0 saturated carbocycles. The van der Waals surface area contributed by atoms with E-state index in [2.05, 4.69) is 5.32 Å². The monoisotopic (exact) mass is 337 g/mol. The maximum atomic E-state index is 13.0. The summed E-state index contributed by atoms with van der Waals surface area (Å²) in [6, 6.07) is 14.2. The Balaban J connectivity index is 1.84. The Labute approximate surface area is 144 Å². The van der Waals surface area contributed by atoms with Crippen LogP contribution in [0.15, 0.2) is 59.0 Å². The summed E-state index contributed by atoms with van der Waals surface area (Å²) in [7, 11) is 0. The molecule has 0 atom stereocenters. The second kappa shape index (κ2) is 6.73. The van der Waals surface area contributed by atoms with E-state index in [0.29, 0.717) is 33.9 Å². The third-order valence-electron chi connectivity index (χ3n) is 3.82. The van der Waals surface area contributed by atoms with Crippen molar-refractivity contribution in [3.05, 3.63) is 77.3 Å². The fourth-order valence-electron chi connectivity index (χ4n) is 2.48. The third kappa shape index (κ3) is 3.66. The predicted octanol–water partition coefficient (Wildman–Crippen LogP) is 4.85. The molecule has 25 heavy (non-hydrogen) atoms. The number of Topliss-reactive ketones (excluding diaryl/α,β-unsaturated/α-hetero) is 1. The summed E-state index contributed by atoms with van der Waals surface area (Å²) in [4.78, 5) is 23.9. The number of carbonyl (C=O) groups is 2. The molecule has 3 rings (SSSR count). The van der Waals surface area contributed by atoms with Crippen LogP contribution in [0.1, 0.15) is 33.4 Å². The summed E-state index contributed by atoms with van der Waals surface area (Å²) in [5, 5.41) is 2.76. The Hall–Kier alpha value is -3.21. The zero-order valence-corrected chi connectivity index (χ0v) is 13.8. The second-order valence-electron chi connectivity index (χ2n) is 5.68. The fraction of sp³-hybridized carbons (Fsp3) is 0.100. The van der Waals surface area contributed by atoms with Crippen molar-refractivity contribution in [2.75, 3.05) is 5.32 Å². The number of halogens is 1. The van der Waals surface area contributed by atoms with Gasteiger partial charge >= 0.3 is 0 Å². The number of nitrogens with one attached hydrogen (secondary N) is 1. The summed E-state index contributed by atoms with van der Waals surface area (Å²) >= 11 is 0. The number of aryl methyl sites for hydroxylation is 1. The van der Waals surface area contributed by atoms with Crippen LogP contribution in [0.2, 0.25) is 0 Å². The fourth-order valence-corrected chi connectivity index (χ4v) is 2.48. The predicted molar refractivity (Wildman–Crippen MR) is 93.2 cm³/mol. The van der Waals surface area contributed by atoms with E-state index in [1.54, 1.807) is 49.4 Å². The van der Waals surface area contributed by atoms with Gasteiger partial charge in [0.05, 0.1) is 5.56 Å². The lowest BCUT2D eigenvalue weighted by Crippen LogP contribution is -2.12. The summed E-state index contributed by atoms with van der Waals surface area (Å²) in [6.07, 6.45) is 0. The molecule has 0 aliphatic carbocycles. The summed E-state index contributed by atoms with van der Waals surface area (Å²) in [6.45, 7) is 3.16. The molecule has 1 aromatic heterocycles. The minimum absolute atomic E-state index is 0.0748. The van der Waals surface area contributed by atoms with E-state index in [0.717, 1.165) is 0 Å². The van der Waals surface area contributed by atoms with Gasteiger partial charge in [-0.15, -0.1) is 0 Å². The molecule has 0 bridgehead atoms. The van der Waals surface area contributed by atoms with Crippen LogP contribution < -0.4 is 5.32 Å². The number of hydrogen-bond acceptors (Lipinski definition) is 3. The number of anilines is 1. The van der Waals surface area contributed by atoms with Gasteiger partial charge in [-0.05, 0) is 56.3 Å². The van der Waals surface area contributed by atoms with Crippen molar-refractivity contribution in [2.24, 2.45) is 0 Å². The van der Waals surface area contributed by atoms with Crippen molar-refractivity contribution in [1.82, 2.24) is 0 Å². The molecule has 0 aliphatic rings. The average molecular weight is 337 g/mol. The molecule has 4 nitrogen and oxygen atoms in total. The first-order valence-corrected chi connectivity index (χ1v) is 7.73. The van der Waals surface area contributed by atoms with E-state index in [9.17, 15) is 14.0 Å². The Kier molecular flexibility index (Phi) is 4.48. The van der Waals surface area contributed by atoms with Crippen LogP contribution in [0, 0.1) is 12.7 Å². The highest BCUT2D eigenvalue weighted by atomic mass is 19.1.